The van der Waals surface area contributed by atoms with Gasteiger partial charge in [-0.25, -0.2) is 4.98 Å². The zero-order valence-corrected chi connectivity index (χ0v) is 16.6. The highest BCUT2D eigenvalue weighted by atomic mass is 16.5. The number of piperidine rings is 1. The fourth-order valence-corrected chi connectivity index (χ4v) is 4.82. The molecule has 0 amide bonds. The van der Waals surface area contributed by atoms with Gasteiger partial charge >= 0.3 is 0 Å². The molecule has 148 valence electrons. The van der Waals surface area contributed by atoms with Gasteiger partial charge in [0.2, 0.25) is 5.88 Å². The van der Waals surface area contributed by atoms with Gasteiger partial charge in [-0.15, -0.1) is 0 Å². The average molecular weight is 380 g/mol. The number of hydrogen-bond acceptors (Lipinski definition) is 6. The predicted octanol–water partition coefficient (Wildman–Crippen LogP) is 3.41. The van der Waals surface area contributed by atoms with E-state index in [1.807, 2.05) is 26.0 Å². The van der Waals surface area contributed by atoms with E-state index in [9.17, 15) is 0 Å². The molecular formula is C22H28N4O2. The van der Waals surface area contributed by atoms with Crippen molar-refractivity contribution < 1.29 is 9.47 Å². The van der Waals surface area contributed by atoms with Crippen LogP contribution in [0.4, 0.5) is 17.1 Å². The first-order chi connectivity index (χ1) is 13.7. The van der Waals surface area contributed by atoms with Crippen molar-refractivity contribution in [3.8, 4) is 5.88 Å². The van der Waals surface area contributed by atoms with Crippen molar-refractivity contribution in [3.05, 3.63) is 41.6 Å². The second-order valence-corrected chi connectivity index (χ2v) is 8.13. The Kier molecular flexibility index (Phi) is 4.61. The molecule has 0 radical (unpaired) electrons. The number of nitrogens with one attached hydrogen (secondary N) is 2. The van der Waals surface area contributed by atoms with E-state index in [2.05, 4.69) is 32.7 Å². The summed E-state index contributed by atoms with van der Waals surface area (Å²) in [5.74, 6) is 1.18. The topological polar surface area (TPSA) is 58.7 Å². The minimum absolute atomic E-state index is 0.0798. The fourth-order valence-electron chi connectivity index (χ4n) is 4.82. The summed E-state index contributed by atoms with van der Waals surface area (Å²) in [5, 5.41) is 7.14. The van der Waals surface area contributed by atoms with Crippen LogP contribution in [0, 0.1) is 0 Å². The number of hydrogen-bond donors (Lipinski definition) is 2. The van der Waals surface area contributed by atoms with E-state index in [1.165, 1.54) is 23.2 Å². The van der Waals surface area contributed by atoms with Gasteiger partial charge in [-0.1, -0.05) is 0 Å². The number of pyridine rings is 1. The monoisotopic (exact) mass is 380 g/mol. The van der Waals surface area contributed by atoms with E-state index in [4.69, 9.17) is 9.47 Å². The molecule has 1 aromatic carbocycles. The first kappa shape index (κ1) is 17.8. The highest BCUT2D eigenvalue weighted by Gasteiger charge is 2.41. The molecule has 28 heavy (non-hydrogen) atoms. The third-order valence-electron chi connectivity index (χ3n) is 5.88. The maximum atomic E-state index is 5.92. The highest BCUT2D eigenvalue weighted by molar-refractivity contribution is 5.75. The lowest BCUT2D eigenvalue weighted by Gasteiger charge is -2.33. The first-order valence-corrected chi connectivity index (χ1v) is 10.3. The van der Waals surface area contributed by atoms with E-state index in [-0.39, 0.29) is 6.10 Å². The third-order valence-corrected chi connectivity index (χ3v) is 5.88. The van der Waals surface area contributed by atoms with Crippen molar-refractivity contribution >= 4 is 17.1 Å². The summed E-state index contributed by atoms with van der Waals surface area (Å²) in [4.78, 5) is 7.01. The highest BCUT2D eigenvalue weighted by Crippen LogP contribution is 2.47. The van der Waals surface area contributed by atoms with Crippen LogP contribution >= 0.6 is 0 Å². The van der Waals surface area contributed by atoms with Crippen LogP contribution < -0.4 is 20.3 Å². The van der Waals surface area contributed by atoms with Crippen molar-refractivity contribution in [1.82, 2.24) is 10.3 Å². The molecule has 1 fully saturated rings. The molecule has 2 atom stereocenters. The molecular weight excluding hydrogens is 352 g/mol. The summed E-state index contributed by atoms with van der Waals surface area (Å²) < 4.78 is 11.8. The number of aromatic nitrogens is 1. The average Bonchev–Trinajstić information content (AvgIpc) is 2.85. The molecule has 3 aliphatic heterocycles. The second-order valence-electron chi connectivity index (χ2n) is 8.13. The lowest BCUT2D eigenvalue weighted by atomic mass is 9.89. The van der Waals surface area contributed by atoms with Gasteiger partial charge in [-0.05, 0) is 56.6 Å². The number of benzene rings is 1. The molecule has 0 unspecified atom stereocenters. The number of ether oxygens (including phenoxy) is 2. The Hall–Kier alpha value is -2.31. The molecule has 0 aliphatic carbocycles. The summed E-state index contributed by atoms with van der Waals surface area (Å²) in [6, 6.07) is 9.09. The standard InChI is InChI=1S/C22H28N4O2/c1-14(2)28-22-19(4-3-6-24-22)25-16-10-15-13-27-9-8-26-20-5-7-23-12-18(20)17(11-16)21(15)26/h3-4,6,10-11,14,18,20,23,25H,5,7-9,12-13H2,1-2H3/t18-,20-/m0/s1. The van der Waals surface area contributed by atoms with E-state index < -0.39 is 0 Å². The SMILES string of the molecule is CC(C)Oc1ncccc1Nc1cc2c3c(c1)[C@@H]1CNCC[C@@H]1N3CCOC2. The maximum Gasteiger partial charge on any atom is 0.237 e. The minimum atomic E-state index is 0.0798. The number of fused-ring (bicyclic) bond motifs is 3. The summed E-state index contributed by atoms with van der Waals surface area (Å²) in [7, 11) is 0. The van der Waals surface area contributed by atoms with Crippen LogP contribution in [0.2, 0.25) is 0 Å². The minimum Gasteiger partial charge on any atom is -0.473 e. The largest absolute Gasteiger partial charge is 0.473 e. The van der Waals surface area contributed by atoms with Gasteiger partial charge in [0, 0.05) is 48.2 Å². The van der Waals surface area contributed by atoms with E-state index >= 15 is 0 Å². The van der Waals surface area contributed by atoms with Crippen molar-refractivity contribution in [1.29, 1.82) is 0 Å². The van der Waals surface area contributed by atoms with Crippen molar-refractivity contribution in [2.45, 2.75) is 44.9 Å². The van der Waals surface area contributed by atoms with Gasteiger partial charge in [0.1, 0.15) is 5.69 Å². The molecule has 1 saturated heterocycles. The van der Waals surface area contributed by atoms with Gasteiger partial charge in [0.15, 0.2) is 0 Å². The van der Waals surface area contributed by atoms with Gasteiger partial charge < -0.3 is 25.0 Å². The Labute approximate surface area is 166 Å². The van der Waals surface area contributed by atoms with Gasteiger partial charge in [-0.3, -0.25) is 0 Å². The van der Waals surface area contributed by atoms with Crippen LogP contribution in [0.5, 0.6) is 5.88 Å². The van der Waals surface area contributed by atoms with Crippen molar-refractivity contribution in [2.75, 3.05) is 36.5 Å². The lowest BCUT2D eigenvalue weighted by Crippen LogP contribution is -2.44. The van der Waals surface area contributed by atoms with Gasteiger partial charge in [-0.2, -0.15) is 0 Å². The number of anilines is 3. The van der Waals surface area contributed by atoms with E-state index in [0.29, 0.717) is 24.4 Å². The Morgan fingerprint density at radius 1 is 1.36 bits per heavy atom. The zero-order chi connectivity index (χ0) is 19.1. The lowest BCUT2D eigenvalue weighted by molar-refractivity contribution is 0.130. The van der Waals surface area contributed by atoms with Crippen molar-refractivity contribution in [3.63, 3.8) is 0 Å². The molecule has 6 heteroatoms. The number of rotatable bonds is 4. The molecule has 4 heterocycles. The Balaban J connectivity index is 1.53. The molecule has 0 bridgehead atoms. The quantitative estimate of drug-likeness (QED) is 0.848. The Morgan fingerprint density at radius 2 is 2.29 bits per heavy atom. The van der Waals surface area contributed by atoms with Crippen LogP contribution in [0.25, 0.3) is 0 Å². The first-order valence-electron chi connectivity index (χ1n) is 10.3. The molecule has 0 spiro atoms. The summed E-state index contributed by atoms with van der Waals surface area (Å²) in [5.41, 5.74) is 6.10. The van der Waals surface area contributed by atoms with Crippen LogP contribution in [0.3, 0.4) is 0 Å². The molecule has 2 aromatic rings. The second kappa shape index (κ2) is 7.26. The van der Waals surface area contributed by atoms with Crippen LogP contribution in [0.1, 0.15) is 37.3 Å². The maximum absolute atomic E-state index is 5.92. The normalized spacial score (nSPS) is 23.2. The predicted molar refractivity (Wildman–Crippen MR) is 111 cm³/mol. The van der Waals surface area contributed by atoms with Crippen LogP contribution in [-0.2, 0) is 11.3 Å². The molecule has 6 nitrogen and oxygen atoms in total. The smallest absolute Gasteiger partial charge is 0.237 e. The Bertz CT molecular complexity index is 870. The van der Waals surface area contributed by atoms with Crippen molar-refractivity contribution in [2.24, 2.45) is 0 Å². The molecule has 5 rings (SSSR count). The zero-order valence-electron chi connectivity index (χ0n) is 16.6. The van der Waals surface area contributed by atoms with Crippen LogP contribution in [0.15, 0.2) is 30.5 Å². The van der Waals surface area contributed by atoms with Crippen LogP contribution in [-0.4, -0.2) is 43.4 Å². The molecule has 1 aromatic heterocycles. The molecule has 3 aliphatic rings. The summed E-state index contributed by atoms with van der Waals surface area (Å²) >= 11 is 0. The number of nitrogens with zero attached hydrogens (tertiary/aromatic N) is 2. The van der Waals surface area contributed by atoms with E-state index in [0.717, 1.165) is 37.6 Å². The molecule has 0 saturated carbocycles. The van der Waals surface area contributed by atoms with E-state index in [1.54, 1.807) is 6.20 Å². The van der Waals surface area contributed by atoms with Gasteiger partial charge in [0.05, 0.1) is 19.3 Å². The molecule has 2 N–H and O–H groups in total. The summed E-state index contributed by atoms with van der Waals surface area (Å²) in [6.45, 7) is 8.63. The summed E-state index contributed by atoms with van der Waals surface area (Å²) in [6.07, 6.45) is 3.04. The fraction of sp³-hybridized carbons (Fsp3) is 0.500. The Morgan fingerprint density at radius 3 is 3.18 bits per heavy atom. The third kappa shape index (κ3) is 3.10. The van der Waals surface area contributed by atoms with Gasteiger partial charge in [0.25, 0.3) is 0 Å².